The summed E-state index contributed by atoms with van der Waals surface area (Å²) in [5.41, 5.74) is 7.48. The number of amides is 1. The highest BCUT2D eigenvalue weighted by molar-refractivity contribution is 7.14. The Morgan fingerprint density at radius 1 is 1.35 bits per heavy atom. The summed E-state index contributed by atoms with van der Waals surface area (Å²) in [6.45, 7) is 2.45. The van der Waals surface area contributed by atoms with Gasteiger partial charge in [-0.1, -0.05) is 30.3 Å². The standard InChI is InChI=1S/C13H14N2OS/c1-9-11(14)7-12(17-9)13(16)15-8-10-5-3-2-4-6-10/h2-7H,8,14H2,1H3,(H,15,16). The zero-order valence-corrected chi connectivity index (χ0v) is 10.4. The Labute approximate surface area is 104 Å². The number of carbonyl (C=O) groups is 1. The lowest BCUT2D eigenvalue weighted by atomic mass is 10.2. The maximum Gasteiger partial charge on any atom is 0.261 e. The van der Waals surface area contributed by atoms with Gasteiger partial charge in [0.2, 0.25) is 0 Å². The van der Waals surface area contributed by atoms with E-state index in [2.05, 4.69) is 5.32 Å². The van der Waals surface area contributed by atoms with E-state index in [9.17, 15) is 4.79 Å². The highest BCUT2D eigenvalue weighted by atomic mass is 32.1. The minimum Gasteiger partial charge on any atom is -0.398 e. The number of rotatable bonds is 3. The van der Waals surface area contributed by atoms with Gasteiger partial charge in [0.15, 0.2) is 0 Å². The summed E-state index contributed by atoms with van der Waals surface area (Å²) in [5, 5.41) is 2.87. The molecule has 88 valence electrons. The Hall–Kier alpha value is -1.81. The first-order valence-corrected chi connectivity index (χ1v) is 6.16. The molecule has 1 aromatic heterocycles. The molecule has 0 saturated heterocycles. The molecule has 3 nitrogen and oxygen atoms in total. The zero-order chi connectivity index (χ0) is 12.3. The van der Waals surface area contributed by atoms with Crippen molar-refractivity contribution >= 4 is 22.9 Å². The van der Waals surface area contributed by atoms with Crippen LogP contribution in [0.25, 0.3) is 0 Å². The second-order valence-corrected chi connectivity index (χ2v) is 5.05. The lowest BCUT2D eigenvalue weighted by Crippen LogP contribution is -2.21. The number of benzene rings is 1. The van der Waals surface area contributed by atoms with E-state index in [0.29, 0.717) is 17.1 Å². The SMILES string of the molecule is Cc1sc(C(=O)NCc2ccccc2)cc1N. The molecule has 0 aliphatic carbocycles. The Kier molecular flexibility index (Phi) is 3.44. The minimum absolute atomic E-state index is 0.0707. The smallest absolute Gasteiger partial charge is 0.261 e. The first-order chi connectivity index (χ1) is 8.16. The molecule has 2 aromatic rings. The molecule has 0 unspecified atom stereocenters. The Bertz CT molecular complexity index is 500. The maximum absolute atomic E-state index is 11.8. The molecule has 1 amide bonds. The second kappa shape index (κ2) is 5.01. The molecule has 0 spiro atoms. The number of nitrogens with two attached hydrogens (primary N) is 1. The molecule has 0 radical (unpaired) electrons. The number of hydrogen-bond donors (Lipinski definition) is 2. The number of anilines is 1. The first-order valence-electron chi connectivity index (χ1n) is 5.35. The summed E-state index contributed by atoms with van der Waals surface area (Å²) in [6, 6.07) is 11.5. The molecule has 1 aromatic carbocycles. The lowest BCUT2D eigenvalue weighted by Gasteiger charge is -2.03. The van der Waals surface area contributed by atoms with Gasteiger partial charge in [-0.15, -0.1) is 11.3 Å². The van der Waals surface area contributed by atoms with E-state index in [0.717, 1.165) is 10.4 Å². The highest BCUT2D eigenvalue weighted by Gasteiger charge is 2.10. The largest absolute Gasteiger partial charge is 0.398 e. The number of nitrogen functional groups attached to an aromatic ring is 1. The predicted octanol–water partition coefficient (Wildman–Crippen LogP) is 2.57. The molecule has 17 heavy (non-hydrogen) atoms. The van der Waals surface area contributed by atoms with Gasteiger partial charge in [-0.3, -0.25) is 4.79 Å². The molecule has 0 atom stereocenters. The van der Waals surface area contributed by atoms with Gasteiger partial charge in [-0.05, 0) is 18.6 Å². The van der Waals surface area contributed by atoms with E-state index in [1.165, 1.54) is 11.3 Å². The van der Waals surface area contributed by atoms with E-state index in [4.69, 9.17) is 5.73 Å². The van der Waals surface area contributed by atoms with E-state index in [1.54, 1.807) is 6.07 Å². The topological polar surface area (TPSA) is 55.1 Å². The normalized spacial score (nSPS) is 10.2. The van der Waals surface area contributed by atoms with Crippen molar-refractivity contribution in [3.8, 4) is 0 Å². The van der Waals surface area contributed by atoms with Gasteiger partial charge < -0.3 is 11.1 Å². The average Bonchev–Trinajstić information content (AvgIpc) is 2.68. The number of aryl methyl sites for hydroxylation is 1. The molecule has 0 bridgehead atoms. The molecular weight excluding hydrogens is 232 g/mol. The molecule has 0 fully saturated rings. The van der Waals surface area contributed by atoms with Crippen LogP contribution in [0.4, 0.5) is 5.69 Å². The second-order valence-electron chi connectivity index (χ2n) is 3.79. The van der Waals surface area contributed by atoms with Crippen molar-refractivity contribution in [1.82, 2.24) is 5.32 Å². The van der Waals surface area contributed by atoms with Crippen LogP contribution in [0.1, 0.15) is 20.1 Å². The van der Waals surface area contributed by atoms with E-state index in [1.807, 2.05) is 37.3 Å². The minimum atomic E-state index is -0.0707. The Morgan fingerprint density at radius 2 is 2.06 bits per heavy atom. The van der Waals surface area contributed by atoms with Crippen molar-refractivity contribution in [2.45, 2.75) is 13.5 Å². The van der Waals surface area contributed by atoms with Crippen LogP contribution >= 0.6 is 11.3 Å². The van der Waals surface area contributed by atoms with Gasteiger partial charge in [-0.25, -0.2) is 0 Å². The van der Waals surface area contributed by atoms with Crippen LogP contribution in [-0.4, -0.2) is 5.91 Å². The van der Waals surface area contributed by atoms with Gasteiger partial charge in [-0.2, -0.15) is 0 Å². The van der Waals surface area contributed by atoms with Gasteiger partial charge in [0.25, 0.3) is 5.91 Å². The predicted molar refractivity (Wildman–Crippen MR) is 71.1 cm³/mol. The van der Waals surface area contributed by atoms with Crippen LogP contribution in [0.15, 0.2) is 36.4 Å². The van der Waals surface area contributed by atoms with Crippen LogP contribution in [0.3, 0.4) is 0 Å². The molecule has 0 aliphatic rings. The van der Waals surface area contributed by atoms with Crippen molar-refractivity contribution in [1.29, 1.82) is 0 Å². The van der Waals surface area contributed by atoms with E-state index < -0.39 is 0 Å². The average molecular weight is 246 g/mol. The van der Waals surface area contributed by atoms with Crippen LogP contribution < -0.4 is 11.1 Å². The molecular formula is C13H14N2OS. The summed E-state index contributed by atoms with van der Waals surface area (Å²) < 4.78 is 0. The molecule has 2 rings (SSSR count). The fourth-order valence-electron chi connectivity index (χ4n) is 1.47. The van der Waals surface area contributed by atoms with Crippen LogP contribution in [-0.2, 0) is 6.54 Å². The first kappa shape index (κ1) is 11.7. The Morgan fingerprint density at radius 3 is 2.65 bits per heavy atom. The Balaban J connectivity index is 1.98. The molecule has 0 saturated carbocycles. The monoisotopic (exact) mass is 246 g/mol. The maximum atomic E-state index is 11.8. The summed E-state index contributed by atoms with van der Waals surface area (Å²) in [4.78, 5) is 13.5. The lowest BCUT2D eigenvalue weighted by molar-refractivity contribution is 0.0955. The van der Waals surface area contributed by atoms with Crippen molar-refractivity contribution in [2.24, 2.45) is 0 Å². The number of nitrogens with one attached hydrogen (secondary N) is 1. The van der Waals surface area contributed by atoms with Gasteiger partial charge in [0, 0.05) is 17.1 Å². The number of carbonyl (C=O) groups excluding carboxylic acids is 1. The van der Waals surface area contributed by atoms with Gasteiger partial charge in [0.05, 0.1) is 4.88 Å². The van der Waals surface area contributed by atoms with Crippen LogP contribution in [0.2, 0.25) is 0 Å². The van der Waals surface area contributed by atoms with Crippen LogP contribution in [0.5, 0.6) is 0 Å². The van der Waals surface area contributed by atoms with E-state index >= 15 is 0 Å². The molecule has 1 heterocycles. The van der Waals surface area contributed by atoms with Crippen molar-refractivity contribution in [2.75, 3.05) is 5.73 Å². The molecule has 3 N–H and O–H groups in total. The number of hydrogen-bond acceptors (Lipinski definition) is 3. The van der Waals surface area contributed by atoms with E-state index in [-0.39, 0.29) is 5.91 Å². The van der Waals surface area contributed by atoms with Crippen molar-refractivity contribution in [3.63, 3.8) is 0 Å². The summed E-state index contributed by atoms with van der Waals surface area (Å²) in [6.07, 6.45) is 0. The summed E-state index contributed by atoms with van der Waals surface area (Å²) >= 11 is 1.42. The fraction of sp³-hybridized carbons (Fsp3) is 0.154. The third kappa shape index (κ3) is 2.85. The third-order valence-electron chi connectivity index (χ3n) is 2.48. The molecule has 4 heteroatoms. The third-order valence-corrected chi connectivity index (χ3v) is 3.54. The van der Waals surface area contributed by atoms with Gasteiger partial charge in [0.1, 0.15) is 0 Å². The van der Waals surface area contributed by atoms with Crippen molar-refractivity contribution < 1.29 is 4.79 Å². The fourth-order valence-corrected chi connectivity index (χ4v) is 2.33. The van der Waals surface area contributed by atoms with Crippen LogP contribution in [0, 0.1) is 6.92 Å². The quantitative estimate of drug-likeness (QED) is 0.874. The number of thiophene rings is 1. The zero-order valence-electron chi connectivity index (χ0n) is 9.57. The molecule has 0 aliphatic heterocycles. The van der Waals surface area contributed by atoms with Gasteiger partial charge >= 0.3 is 0 Å². The van der Waals surface area contributed by atoms with Crippen molar-refractivity contribution in [3.05, 3.63) is 51.7 Å². The summed E-state index contributed by atoms with van der Waals surface area (Å²) in [7, 11) is 0. The summed E-state index contributed by atoms with van der Waals surface area (Å²) in [5.74, 6) is -0.0707. The highest BCUT2D eigenvalue weighted by Crippen LogP contribution is 2.23.